The van der Waals surface area contributed by atoms with Crippen molar-refractivity contribution in [2.24, 2.45) is 5.73 Å². The lowest BCUT2D eigenvalue weighted by Gasteiger charge is -1.88. The molecular formula is C5H9N3S. The van der Waals surface area contributed by atoms with Crippen molar-refractivity contribution in [1.29, 1.82) is 0 Å². The van der Waals surface area contributed by atoms with Crippen LogP contribution in [0, 0.1) is 0 Å². The minimum Gasteiger partial charge on any atom is -0.326 e. The predicted octanol–water partition coefficient (Wildman–Crippen LogP) is 0.229. The highest BCUT2D eigenvalue weighted by atomic mass is 32.1. The highest BCUT2D eigenvalue weighted by molar-refractivity contribution is 7.79. The van der Waals surface area contributed by atoms with Gasteiger partial charge in [0.1, 0.15) is 0 Å². The Hall–Kier alpha value is -0.480. The largest absolute Gasteiger partial charge is 0.326 e. The van der Waals surface area contributed by atoms with Gasteiger partial charge in [0.15, 0.2) is 0 Å². The first-order chi connectivity index (χ1) is 4.36. The van der Waals surface area contributed by atoms with Gasteiger partial charge in [0.2, 0.25) is 0 Å². The summed E-state index contributed by atoms with van der Waals surface area (Å²) in [7, 11) is 0. The van der Waals surface area contributed by atoms with Gasteiger partial charge in [-0.05, 0) is 0 Å². The summed E-state index contributed by atoms with van der Waals surface area (Å²) in [5, 5.41) is 3.97. The second kappa shape index (κ2) is 2.89. The summed E-state index contributed by atoms with van der Waals surface area (Å²) < 4.78 is 1.73. The van der Waals surface area contributed by atoms with E-state index in [9.17, 15) is 0 Å². The molecule has 1 rings (SSSR count). The molecule has 0 unspecified atom stereocenters. The Morgan fingerprint density at radius 2 is 2.56 bits per heavy atom. The maximum Gasteiger partial charge on any atom is 0.0834 e. The van der Waals surface area contributed by atoms with Gasteiger partial charge in [-0.1, -0.05) is 0 Å². The minimum atomic E-state index is 0.549. The molecule has 0 aromatic carbocycles. The second-order valence-electron chi connectivity index (χ2n) is 1.73. The summed E-state index contributed by atoms with van der Waals surface area (Å²) in [6, 6.07) is 0. The lowest BCUT2D eigenvalue weighted by molar-refractivity contribution is 0.753. The molecule has 1 aromatic rings. The average Bonchev–Trinajstić information content (AvgIpc) is 2.34. The fraction of sp³-hybridized carbons (Fsp3) is 0.400. The van der Waals surface area contributed by atoms with Gasteiger partial charge in [-0.25, -0.2) is 0 Å². The third kappa shape index (κ3) is 1.46. The maximum atomic E-state index is 5.34. The van der Waals surface area contributed by atoms with Gasteiger partial charge in [0.05, 0.1) is 12.1 Å². The van der Waals surface area contributed by atoms with Crippen LogP contribution >= 0.6 is 12.6 Å². The Morgan fingerprint density at radius 3 is 2.89 bits per heavy atom. The zero-order chi connectivity index (χ0) is 6.69. The molecule has 4 heteroatoms. The van der Waals surface area contributed by atoms with E-state index < -0.39 is 0 Å². The first-order valence-electron chi connectivity index (χ1n) is 2.69. The summed E-state index contributed by atoms with van der Waals surface area (Å²) in [5.74, 6) is 0.611. The van der Waals surface area contributed by atoms with E-state index in [2.05, 4.69) is 17.7 Å². The van der Waals surface area contributed by atoms with Crippen LogP contribution in [0.2, 0.25) is 0 Å². The normalized spacial score (nSPS) is 10.0. The van der Waals surface area contributed by atoms with Crippen LogP contribution in [0.5, 0.6) is 0 Å². The maximum absolute atomic E-state index is 5.34. The van der Waals surface area contributed by atoms with E-state index in [0.29, 0.717) is 12.4 Å². The summed E-state index contributed by atoms with van der Waals surface area (Å²) >= 11 is 4.02. The summed E-state index contributed by atoms with van der Waals surface area (Å²) in [6.45, 7) is 0.549. The lowest BCUT2D eigenvalue weighted by atomic mass is 10.4. The molecule has 0 saturated heterocycles. The summed E-state index contributed by atoms with van der Waals surface area (Å²) in [4.78, 5) is 0. The van der Waals surface area contributed by atoms with Gasteiger partial charge >= 0.3 is 0 Å². The molecule has 0 spiro atoms. The van der Waals surface area contributed by atoms with E-state index in [1.165, 1.54) is 0 Å². The van der Waals surface area contributed by atoms with Crippen LogP contribution in [-0.4, -0.2) is 9.78 Å². The van der Waals surface area contributed by atoms with Crippen molar-refractivity contribution in [3.63, 3.8) is 0 Å². The lowest BCUT2D eigenvalue weighted by Crippen LogP contribution is -1.94. The highest BCUT2D eigenvalue weighted by Crippen LogP contribution is 1.95. The van der Waals surface area contributed by atoms with Gasteiger partial charge in [-0.15, -0.1) is 0 Å². The number of aromatic nitrogens is 2. The van der Waals surface area contributed by atoms with Crippen LogP contribution in [0.25, 0.3) is 0 Å². The number of nitrogens with two attached hydrogens (primary N) is 1. The number of hydrogen-bond donors (Lipinski definition) is 2. The zero-order valence-electron chi connectivity index (χ0n) is 4.99. The van der Waals surface area contributed by atoms with Crippen molar-refractivity contribution in [2.75, 3.05) is 0 Å². The first kappa shape index (κ1) is 6.64. The van der Waals surface area contributed by atoms with Crippen molar-refractivity contribution in [3.8, 4) is 0 Å². The van der Waals surface area contributed by atoms with Crippen LogP contribution in [0.3, 0.4) is 0 Å². The predicted molar refractivity (Wildman–Crippen MR) is 39.1 cm³/mol. The van der Waals surface area contributed by atoms with Crippen LogP contribution in [0.15, 0.2) is 12.4 Å². The summed E-state index contributed by atoms with van der Waals surface area (Å²) in [5.41, 5.74) is 6.38. The monoisotopic (exact) mass is 143 g/mol. The molecule has 0 aliphatic heterocycles. The van der Waals surface area contributed by atoms with E-state index in [-0.39, 0.29) is 0 Å². The molecule has 0 fully saturated rings. The van der Waals surface area contributed by atoms with Gasteiger partial charge in [0.25, 0.3) is 0 Å². The molecule has 0 bridgehead atoms. The fourth-order valence-electron chi connectivity index (χ4n) is 0.589. The van der Waals surface area contributed by atoms with Crippen molar-refractivity contribution >= 4 is 12.6 Å². The highest BCUT2D eigenvalue weighted by Gasteiger charge is 1.91. The molecule has 0 radical (unpaired) electrons. The van der Waals surface area contributed by atoms with Gasteiger partial charge < -0.3 is 5.73 Å². The Balaban J connectivity index is 2.74. The quantitative estimate of drug-likeness (QED) is 0.582. The molecule has 1 heterocycles. The molecule has 9 heavy (non-hydrogen) atoms. The van der Waals surface area contributed by atoms with E-state index in [4.69, 9.17) is 5.73 Å². The standard InChI is InChI=1S/C5H9N3S/c6-1-5-2-7-8(3-5)4-9/h2-3,9H,1,4,6H2. The molecular weight excluding hydrogens is 134 g/mol. The Morgan fingerprint density at radius 1 is 1.78 bits per heavy atom. The summed E-state index contributed by atoms with van der Waals surface area (Å²) in [6.07, 6.45) is 3.63. The van der Waals surface area contributed by atoms with E-state index in [1.807, 2.05) is 6.20 Å². The van der Waals surface area contributed by atoms with Gasteiger partial charge in [-0.2, -0.15) is 17.7 Å². The molecule has 0 atom stereocenters. The van der Waals surface area contributed by atoms with Crippen molar-refractivity contribution in [3.05, 3.63) is 18.0 Å². The Labute approximate surface area is 59.3 Å². The Kier molecular flexibility index (Phi) is 2.13. The zero-order valence-corrected chi connectivity index (χ0v) is 5.88. The average molecular weight is 143 g/mol. The molecule has 3 nitrogen and oxygen atoms in total. The molecule has 2 N–H and O–H groups in total. The molecule has 50 valence electrons. The number of nitrogens with zero attached hydrogens (tertiary/aromatic N) is 2. The molecule has 1 aromatic heterocycles. The third-order valence-corrected chi connectivity index (χ3v) is 1.36. The van der Waals surface area contributed by atoms with Crippen LogP contribution in [0.4, 0.5) is 0 Å². The van der Waals surface area contributed by atoms with Crippen LogP contribution in [0.1, 0.15) is 5.56 Å². The number of thiol groups is 1. The first-order valence-corrected chi connectivity index (χ1v) is 3.32. The minimum absolute atomic E-state index is 0.549. The third-order valence-electron chi connectivity index (χ3n) is 1.07. The molecule has 0 amide bonds. The smallest absolute Gasteiger partial charge is 0.0834 e. The second-order valence-corrected chi connectivity index (χ2v) is 2.02. The van der Waals surface area contributed by atoms with Crippen molar-refractivity contribution in [1.82, 2.24) is 9.78 Å². The van der Waals surface area contributed by atoms with Crippen LogP contribution in [-0.2, 0) is 12.4 Å². The van der Waals surface area contributed by atoms with E-state index >= 15 is 0 Å². The Bertz CT molecular complexity index is 166. The van der Waals surface area contributed by atoms with E-state index in [1.54, 1.807) is 10.9 Å². The molecule has 0 aliphatic rings. The van der Waals surface area contributed by atoms with Crippen LogP contribution < -0.4 is 5.73 Å². The molecule has 0 saturated carbocycles. The topological polar surface area (TPSA) is 43.8 Å². The van der Waals surface area contributed by atoms with Gasteiger partial charge in [-0.3, -0.25) is 4.68 Å². The van der Waals surface area contributed by atoms with Crippen molar-refractivity contribution < 1.29 is 0 Å². The number of rotatable bonds is 2. The molecule has 0 aliphatic carbocycles. The van der Waals surface area contributed by atoms with Gasteiger partial charge in [0, 0.05) is 18.3 Å². The number of hydrogen-bond acceptors (Lipinski definition) is 3. The SMILES string of the molecule is NCc1cnn(CS)c1. The fourth-order valence-corrected chi connectivity index (χ4v) is 0.744. The van der Waals surface area contributed by atoms with E-state index in [0.717, 1.165) is 5.56 Å². The van der Waals surface area contributed by atoms with Crippen molar-refractivity contribution in [2.45, 2.75) is 12.4 Å².